The monoisotopic (exact) mass is 411 g/mol. The largest absolute Gasteiger partial charge is 0.494 e. The summed E-state index contributed by atoms with van der Waals surface area (Å²) in [4.78, 5) is 26.4. The average molecular weight is 412 g/mol. The molecule has 0 aliphatic carbocycles. The smallest absolute Gasteiger partial charge is 0.253 e. The molecule has 0 saturated heterocycles. The zero-order valence-electron chi connectivity index (χ0n) is 18.4. The van der Waals surface area contributed by atoms with E-state index in [1.54, 1.807) is 29.2 Å². The molecule has 30 heavy (non-hydrogen) atoms. The van der Waals surface area contributed by atoms with Crippen molar-refractivity contribution in [3.8, 4) is 5.75 Å². The molecule has 0 bridgehead atoms. The first-order valence-corrected chi connectivity index (χ1v) is 10.6. The molecule has 0 radical (unpaired) electrons. The summed E-state index contributed by atoms with van der Waals surface area (Å²) in [6.07, 6.45) is 0.999. The number of hydrogen-bond donors (Lipinski definition) is 2. The lowest BCUT2D eigenvalue weighted by molar-refractivity contribution is -0.114. The summed E-state index contributed by atoms with van der Waals surface area (Å²) < 4.78 is 5.75. The number of anilines is 2. The minimum absolute atomic E-state index is 0.00459. The van der Waals surface area contributed by atoms with Gasteiger partial charge in [0.1, 0.15) is 5.75 Å². The number of hydrogen-bond acceptors (Lipinski definition) is 4. The van der Waals surface area contributed by atoms with E-state index >= 15 is 0 Å². The Morgan fingerprint density at radius 3 is 2.33 bits per heavy atom. The molecule has 2 rings (SSSR count). The lowest BCUT2D eigenvalue weighted by Crippen LogP contribution is -2.30. The van der Waals surface area contributed by atoms with Crippen LogP contribution in [-0.2, 0) is 4.79 Å². The van der Waals surface area contributed by atoms with Crippen LogP contribution in [0.1, 0.15) is 44.5 Å². The topological polar surface area (TPSA) is 70.7 Å². The van der Waals surface area contributed by atoms with Crippen molar-refractivity contribution in [3.63, 3.8) is 0 Å². The van der Waals surface area contributed by atoms with Crippen LogP contribution in [0.4, 0.5) is 11.4 Å². The van der Waals surface area contributed by atoms with Gasteiger partial charge in [-0.25, -0.2) is 0 Å². The van der Waals surface area contributed by atoms with Crippen LogP contribution in [0.15, 0.2) is 48.5 Å². The molecule has 2 aromatic carbocycles. The summed E-state index contributed by atoms with van der Waals surface area (Å²) in [5.74, 6) is 1.22. The summed E-state index contributed by atoms with van der Waals surface area (Å²) in [5.41, 5.74) is 2.10. The molecular weight excluding hydrogens is 378 g/mol. The SMILES string of the molecule is CCN(CC)C(=O)c1ccc(NC(=O)CNc2cccc(OCCC(C)C)c2)cc1. The second-order valence-electron chi connectivity index (χ2n) is 7.52. The Balaban J connectivity index is 1.84. The van der Waals surface area contributed by atoms with Gasteiger partial charge in [0.15, 0.2) is 0 Å². The van der Waals surface area contributed by atoms with Crippen molar-refractivity contribution in [1.29, 1.82) is 0 Å². The van der Waals surface area contributed by atoms with Gasteiger partial charge < -0.3 is 20.3 Å². The summed E-state index contributed by atoms with van der Waals surface area (Å²) in [6, 6.07) is 14.6. The van der Waals surface area contributed by atoms with Crippen LogP contribution in [0.2, 0.25) is 0 Å². The molecule has 0 aliphatic heterocycles. The molecule has 162 valence electrons. The molecule has 0 atom stereocenters. The molecule has 0 heterocycles. The van der Waals surface area contributed by atoms with Gasteiger partial charge in [0.05, 0.1) is 13.2 Å². The summed E-state index contributed by atoms with van der Waals surface area (Å²) in [6.45, 7) is 10.4. The van der Waals surface area contributed by atoms with Crippen molar-refractivity contribution >= 4 is 23.2 Å². The Morgan fingerprint density at radius 2 is 1.70 bits per heavy atom. The zero-order valence-corrected chi connectivity index (χ0v) is 18.4. The Hall–Kier alpha value is -3.02. The van der Waals surface area contributed by atoms with Gasteiger partial charge in [-0.15, -0.1) is 0 Å². The fraction of sp³-hybridized carbons (Fsp3) is 0.417. The van der Waals surface area contributed by atoms with Gasteiger partial charge in [0, 0.05) is 36.1 Å². The Labute approximate surface area is 179 Å². The van der Waals surface area contributed by atoms with Crippen LogP contribution >= 0.6 is 0 Å². The molecule has 0 spiro atoms. The maximum absolute atomic E-state index is 12.3. The second kappa shape index (κ2) is 11.9. The third-order valence-corrected chi connectivity index (χ3v) is 4.72. The van der Waals surface area contributed by atoms with Crippen LogP contribution in [0.25, 0.3) is 0 Å². The van der Waals surface area contributed by atoms with Crippen LogP contribution in [-0.4, -0.2) is 43.0 Å². The van der Waals surface area contributed by atoms with Gasteiger partial charge in [-0.05, 0) is 62.6 Å². The highest BCUT2D eigenvalue weighted by atomic mass is 16.5. The van der Waals surface area contributed by atoms with Crippen LogP contribution in [0.3, 0.4) is 0 Å². The first-order chi connectivity index (χ1) is 14.4. The summed E-state index contributed by atoms with van der Waals surface area (Å²) in [7, 11) is 0. The van der Waals surface area contributed by atoms with Crippen molar-refractivity contribution in [2.75, 3.05) is 36.9 Å². The molecule has 0 unspecified atom stereocenters. The molecular formula is C24H33N3O3. The van der Waals surface area contributed by atoms with Crippen LogP contribution in [0, 0.1) is 5.92 Å². The second-order valence-corrected chi connectivity index (χ2v) is 7.52. The number of rotatable bonds is 11. The minimum atomic E-state index is -0.163. The number of nitrogens with zero attached hydrogens (tertiary/aromatic N) is 1. The van der Waals surface area contributed by atoms with E-state index in [-0.39, 0.29) is 18.4 Å². The van der Waals surface area contributed by atoms with E-state index in [1.807, 2.05) is 38.1 Å². The van der Waals surface area contributed by atoms with Crippen molar-refractivity contribution < 1.29 is 14.3 Å². The highest BCUT2D eigenvalue weighted by Gasteiger charge is 2.12. The molecule has 2 N–H and O–H groups in total. The third-order valence-electron chi connectivity index (χ3n) is 4.72. The fourth-order valence-corrected chi connectivity index (χ4v) is 2.89. The third kappa shape index (κ3) is 7.43. The number of amides is 2. The minimum Gasteiger partial charge on any atom is -0.494 e. The van der Waals surface area contributed by atoms with Gasteiger partial charge in [-0.3, -0.25) is 9.59 Å². The average Bonchev–Trinajstić information content (AvgIpc) is 2.73. The van der Waals surface area contributed by atoms with Crippen molar-refractivity contribution in [1.82, 2.24) is 4.90 Å². The molecule has 6 nitrogen and oxygen atoms in total. The molecule has 2 aromatic rings. The standard InChI is InChI=1S/C24H33N3O3/c1-5-27(6-2)24(29)19-10-12-20(13-11-19)26-23(28)17-25-21-8-7-9-22(16-21)30-15-14-18(3)4/h7-13,16,18,25H,5-6,14-15,17H2,1-4H3,(H,26,28). The van der Waals surface area contributed by atoms with Gasteiger partial charge >= 0.3 is 0 Å². The number of nitrogens with one attached hydrogen (secondary N) is 2. The quantitative estimate of drug-likeness (QED) is 0.565. The molecule has 2 amide bonds. The lowest BCUT2D eigenvalue weighted by Gasteiger charge is -2.18. The maximum Gasteiger partial charge on any atom is 0.253 e. The molecule has 0 fully saturated rings. The van der Waals surface area contributed by atoms with Gasteiger partial charge in [-0.1, -0.05) is 19.9 Å². The predicted molar refractivity (Wildman–Crippen MR) is 122 cm³/mol. The van der Waals surface area contributed by atoms with E-state index in [2.05, 4.69) is 24.5 Å². The zero-order chi connectivity index (χ0) is 21.9. The van der Waals surface area contributed by atoms with Crippen LogP contribution in [0.5, 0.6) is 5.75 Å². The Bertz CT molecular complexity index is 815. The van der Waals surface area contributed by atoms with E-state index in [1.165, 1.54) is 0 Å². The van der Waals surface area contributed by atoms with Gasteiger partial charge in [-0.2, -0.15) is 0 Å². The van der Waals surface area contributed by atoms with E-state index in [4.69, 9.17) is 4.74 Å². The van der Waals surface area contributed by atoms with Gasteiger partial charge in [0.2, 0.25) is 5.91 Å². The molecule has 6 heteroatoms. The van der Waals surface area contributed by atoms with Crippen molar-refractivity contribution in [3.05, 3.63) is 54.1 Å². The van der Waals surface area contributed by atoms with Crippen molar-refractivity contribution in [2.45, 2.75) is 34.1 Å². The van der Waals surface area contributed by atoms with Crippen LogP contribution < -0.4 is 15.4 Å². The first-order valence-electron chi connectivity index (χ1n) is 10.6. The Morgan fingerprint density at radius 1 is 1.00 bits per heavy atom. The Kier molecular flexibility index (Phi) is 9.19. The summed E-state index contributed by atoms with van der Waals surface area (Å²) >= 11 is 0. The predicted octanol–water partition coefficient (Wildman–Crippen LogP) is 4.64. The normalized spacial score (nSPS) is 10.6. The van der Waals surface area contributed by atoms with E-state index < -0.39 is 0 Å². The molecule has 0 aromatic heterocycles. The fourth-order valence-electron chi connectivity index (χ4n) is 2.89. The lowest BCUT2D eigenvalue weighted by atomic mass is 10.1. The maximum atomic E-state index is 12.3. The highest BCUT2D eigenvalue weighted by molar-refractivity contribution is 5.96. The summed E-state index contributed by atoms with van der Waals surface area (Å²) in [5, 5.41) is 5.95. The first kappa shape index (κ1) is 23.3. The number of carbonyl (C=O) groups excluding carboxylic acids is 2. The number of benzene rings is 2. The molecule has 0 aliphatic rings. The van der Waals surface area contributed by atoms with E-state index in [0.29, 0.717) is 36.9 Å². The van der Waals surface area contributed by atoms with Crippen molar-refractivity contribution in [2.24, 2.45) is 5.92 Å². The molecule has 0 saturated carbocycles. The number of carbonyl (C=O) groups is 2. The highest BCUT2D eigenvalue weighted by Crippen LogP contribution is 2.18. The number of ether oxygens (including phenoxy) is 1. The van der Waals surface area contributed by atoms with E-state index in [9.17, 15) is 9.59 Å². The van der Waals surface area contributed by atoms with E-state index in [0.717, 1.165) is 17.9 Å². The van der Waals surface area contributed by atoms with Gasteiger partial charge in [0.25, 0.3) is 5.91 Å².